The second kappa shape index (κ2) is 7.81. The first kappa shape index (κ1) is 18.9. The number of halogens is 3. The molecule has 1 aromatic heterocycles. The largest absolute Gasteiger partial charge is 0.495 e. The highest BCUT2D eigenvalue weighted by molar-refractivity contribution is 6.04. The lowest BCUT2D eigenvalue weighted by Gasteiger charge is -2.27. The van der Waals surface area contributed by atoms with E-state index < -0.39 is 17.6 Å². The summed E-state index contributed by atoms with van der Waals surface area (Å²) in [5.41, 5.74) is -0.879. The second-order valence-electron chi connectivity index (χ2n) is 6.18. The van der Waals surface area contributed by atoms with Crippen LogP contribution in [0.5, 0.6) is 5.75 Å². The van der Waals surface area contributed by atoms with Crippen LogP contribution in [0.25, 0.3) is 0 Å². The molecular formula is C18H19F3N4O2. The van der Waals surface area contributed by atoms with Gasteiger partial charge >= 0.3 is 6.18 Å². The van der Waals surface area contributed by atoms with Crippen molar-refractivity contribution in [2.75, 3.05) is 30.4 Å². The van der Waals surface area contributed by atoms with Gasteiger partial charge in [-0.1, -0.05) is 0 Å². The van der Waals surface area contributed by atoms with Gasteiger partial charge in [0.05, 0.1) is 18.4 Å². The number of methoxy groups -OCH3 is 1. The summed E-state index contributed by atoms with van der Waals surface area (Å²) in [6.45, 7) is 1.69. The second-order valence-corrected chi connectivity index (χ2v) is 6.18. The van der Waals surface area contributed by atoms with Gasteiger partial charge in [0, 0.05) is 19.2 Å². The lowest BCUT2D eigenvalue weighted by atomic mass is 10.1. The van der Waals surface area contributed by atoms with Crippen molar-refractivity contribution in [3.63, 3.8) is 0 Å². The van der Waals surface area contributed by atoms with Gasteiger partial charge in [0.2, 0.25) is 0 Å². The normalized spacial score (nSPS) is 14.7. The molecule has 0 radical (unpaired) electrons. The van der Waals surface area contributed by atoms with Crippen molar-refractivity contribution < 1.29 is 22.7 Å². The molecule has 9 heteroatoms. The third kappa shape index (κ3) is 4.47. The number of benzene rings is 1. The summed E-state index contributed by atoms with van der Waals surface area (Å²) in [6, 6.07) is 4.44. The van der Waals surface area contributed by atoms with Gasteiger partial charge < -0.3 is 15.0 Å². The van der Waals surface area contributed by atoms with Crippen LogP contribution in [0.2, 0.25) is 0 Å². The van der Waals surface area contributed by atoms with E-state index in [-0.39, 0.29) is 17.1 Å². The number of alkyl halides is 3. The first-order chi connectivity index (χ1) is 12.9. The number of piperidine rings is 1. The van der Waals surface area contributed by atoms with Crippen LogP contribution >= 0.6 is 0 Å². The van der Waals surface area contributed by atoms with E-state index in [2.05, 4.69) is 20.2 Å². The molecule has 0 atom stereocenters. The summed E-state index contributed by atoms with van der Waals surface area (Å²) in [6.07, 6.45) is 0.00845. The monoisotopic (exact) mass is 380 g/mol. The molecule has 2 heterocycles. The summed E-state index contributed by atoms with van der Waals surface area (Å²) in [5.74, 6) is 0.126. The Morgan fingerprint density at radius 3 is 2.56 bits per heavy atom. The Morgan fingerprint density at radius 2 is 1.89 bits per heavy atom. The number of amides is 1. The van der Waals surface area contributed by atoms with Crippen molar-refractivity contribution in [1.29, 1.82) is 0 Å². The van der Waals surface area contributed by atoms with Crippen molar-refractivity contribution in [3.05, 3.63) is 41.9 Å². The van der Waals surface area contributed by atoms with Crippen molar-refractivity contribution in [3.8, 4) is 5.75 Å². The number of hydrogen-bond acceptors (Lipinski definition) is 5. The molecule has 1 aliphatic heterocycles. The van der Waals surface area contributed by atoms with Crippen LogP contribution in [0, 0.1) is 0 Å². The predicted octanol–water partition coefficient (Wildman–Crippen LogP) is 3.75. The van der Waals surface area contributed by atoms with E-state index in [1.54, 1.807) is 6.07 Å². The fraction of sp³-hybridized carbons (Fsp3) is 0.389. The van der Waals surface area contributed by atoms with Gasteiger partial charge in [-0.05, 0) is 37.5 Å². The minimum absolute atomic E-state index is 0.0736. The fourth-order valence-corrected chi connectivity index (χ4v) is 2.94. The van der Waals surface area contributed by atoms with Crippen molar-refractivity contribution in [1.82, 2.24) is 9.97 Å². The van der Waals surface area contributed by atoms with Crippen molar-refractivity contribution in [2.45, 2.75) is 25.4 Å². The highest BCUT2D eigenvalue weighted by atomic mass is 19.4. The molecule has 144 valence electrons. The molecule has 6 nitrogen and oxygen atoms in total. The summed E-state index contributed by atoms with van der Waals surface area (Å²) < 4.78 is 43.9. The molecule has 1 saturated heterocycles. The quantitative estimate of drug-likeness (QED) is 0.875. The summed E-state index contributed by atoms with van der Waals surface area (Å²) >= 11 is 0. The first-order valence-corrected chi connectivity index (χ1v) is 8.52. The fourth-order valence-electron chi connectivity index (χ4n) is 2.94. The number of aromatic nitrogens is 2. The maximum atomic E-state index is 12.9. The van der Waals surface area contributed by atoms with Gasteiger partial charge in [0.25, 0.3) is 5.91 Å². The zero-order valence-electron chi connectivity index (χ0n) is 14.7. The number of nitrogens with zero attached hydrogens (tertiary/aromatic N) is 3. The van der Waals surface area contributed by atoms with Crippen LogP contribution in [0.1, 0.15) is 35.3 Å². The number of hydrogen-bond donors (Lipinski definition) is 1. The molecule has 0 spiro atoms. The minimum Gasteiger partial charge on any atom is -0.495 e. The van der Waals surface area contributed by atoms with Crippen LogP contribution in [0.3, 0.4) is 0 Å². The number of anilines is 2. The molecule has 1 amide bonds. The van der Waals surface area contributed by atoms with Crippen LogP contribution in [0.15, 0.2) is 30.6 Å². The molecular weight excluding hydrogens is 361 g/mol. The Balaban J connectivity index is 1.83. The molecule has 3 rings (SSSR count). The van der Waals surface area contributed by atoms with E-state index in [9.17, 15) is 18.0 Å². The third-order valence-electron chi connectivity index (χ3n) is 4.34. The predicted molar refractivity (Wildman–Crippen MR) is 94.0 cm³/mol. The number of ether oxygens (including phenoxy) is 1. The summed E-state index contributed by atoms with van der Waals surface area (Å²) in [7, 11) is 1.32. The molecule has 0 saturated carbocycles. The lowest BCUT2D eigenvalue weighted by molar-refractivity contribution is -0.137. The van der Waals surface area contributed by atoms with Gasteiger partial charge in [0.15, 0.2) is 0 Å². The van der Waals surface area contributed by atoms with Crippen LogP contribution < -0.4 is 15.0 Å². The average molecular weight is 380 g/mol. The SMILES string of the molecule is COc1ccc(C(F)(F)F)cc1NC(=O)c1cc(N2CCCCC2)ncn1. The number of nitrogens with one attached hydrogen (secondary N) is 1. The number of rotatable bonds is 4. The standard InChI is InChI=1S/C18H19F3N4O2/c1-27-15-6-5-12(18(19,20)21)9-13(15)24-17(26)14-10-16(23-11-22-14)25-7-3-2-4-8-25/h5-6,9-11H,2-4,7-8H2,1H3,(H,24,26). The van der Waals surface area contributed by atoms with Gasteiger partial charge in [-0.3, -0.25) is 4.79 Å². The Labute approximate surface area is 154 Å². The molecule has 1 aliphatic rings. The first-order valence-electron chi connectivity index (χ1n) is 8.52. The third-order valence-corrected chi connectivity index (χ3v) is 4.34. The van der Waals surface area contributed by atoms with Crippen molar-refractivity contribution in [2.24, 2.45) is 0 Å². The van der Waals surface area contributed by atoms with E-state index in [1.165, 1.54) is 13.4 Å². The van der Waals surface area contributed by atoms with Crippen molar-refractivity contribution >= 4 is 17.4 Å². The molecule has 0 aliphatic carbocycles. The maximum Gasteiger partial charge on any atom is 0.416 e. The molecule has 1 N–H and O–H groups in total. The molecule has 27 heavy (non-hydrogen) atoms. The average Bonchev–Trinajstić information content (AvgIpc) is 2.68. The molecule has 0 bridgehead atoms. The zero-order valence-corrected chi connectivity index (χ0v) is 14.7. The van der Waals surface area contributed by atoms with E-state index in [0.29, 0.717) is 5.82 Å². The van der Waals surface area contributed by atoms with Gasteiger partial charge in [-0.2, -0.15) is 13.2 Å². The Bertz CT molecular complexity index is 820. The molecule has 1 aromatic carbocycles. The highest BCUT2D eigenvalue weighted by Gasteiger charge is 2.31. The van der Waals surface area contributed by atoms with E-state index in [4.69, 9.17) is 4.74 Å². The van der Waals surface area contributed by atoms with Gasteiger partial charge in [0.1, 0.15) is 23.6 Å². The number of carbonyl (C=O) groups is 1. The lowest BCUT2D eigenvalue weighted by Crippen LogP contribution is -2.30. The highest BCUT2D eigenvalue weighted by Crippen LogP contribution is 2.35. The minimum atomic E-state index is -4.53. The Hall–Kier alpha value is -2.84. The Kier molecular flexibility index (Phi) is 5.48. The van der Waals surface area contributed by atoms with E-state index >= 15 is 0 Å². The summed E-state index contributed by atoms with van der Waals surface area (Å²) in [4.78, 5) is 22.7. The van der Waals surface area contributed by atoms with E-state index in [1.807, 2.05) is 0 Å². The van der Waals surface area contributed by atoms with Crippen LogP contribution in [0.4, 0.5) is 24.7 Å². The molecule has 0 unspecified atom stereocenters. The van der Waals surface area contributed by atoms with Crippen LogP contribution in [-0.4, -0.2) is 36.1 Å². The zero-order chi connectivity index (χ0) is 19.4. The Morgan fingerprint density at radius 1 is 1.15 bits per heavy atom. The van der Waals surface area contributed by atoms with Gasteiger partial charge in [-0.15, -0.1) is 0 Å². The van der Waals surface area contributed by atoms with Gasteiger partial charge in [-0.25, -0.2) is 9.97 Å². The summed E-state index contributed by atoms with van der Waals surface area (Å²) in [5, 5.41) is 2.45. The van der Waals surface area contributed by atoms with Crippen LogP contribution in [-0.2, 0) is 6.18 Å². The van der Waals surface area contributed by atoms with E-state index in [0.717, 1.165) is 50.6 Å². The molecule has 2 aromatic rings. The maximum absolute atomic E-state index is 12.9. The number of carbonyl (C=O) groups excluding carboxylic acids is 1. The smallest absolute Gasteiger partial charge is 0.416 e. The topological polar surface area (TPSA) is 67.3 Å². The molecule has 1 fully saturated rings.